The zero-order chi connectivity index (χ0) is 18.9. The summed E-state index contributed by atoms with van der Waals surface area (Å²) in [5, 5.41) is 1.18. The van der Waals surface area contributed by atoms with Gasteiger partial charge in [-0.15, -0.1) is 8.78 Å². The molecule has 2 aromatic carbocycles. The van der Waals surface area contributed by atoms with Crippen molar-refractivity contribution < 1.29 is 22.7 Å². The molecule has 0 N–H and O–H groups in total. The van der Waals surface area contributed by atoms with Crippen LogP contribution < -0.4 is 9.47 Å². The second-order valence-electron chi connectivity index (χ2n) is 4.51. The largest absolute Gasteiger partial charge is 0.586 e. The molecule has 144 valence electrons. The summed E-state index contributed by atoms with van der Waals surface area (Å²) in [4.78, 5) is 0. The van der Waals surface area contributed by atoms with Gasteiger partial charge in [0.1, 0.15) is 11.3 Å². The van der Waals surface area contributed by atoms with Crippen LogP contribution in [0.25, 0.3) is 11.0 Å². The second-order valence-corrected chi connectivity index (χ2v) is 4.51. The predicted octanol–water partition coefficient (Wildman–Crippen LogP) is 7.44. The fourth-order valence-electron chi connectivity index (χ4n) is 2.01. The molecule has 3 aromatic rings. The minimum Gasteiger partial charge on any atom is -0.461 e. The van der Waals surface area contributed by atoms with Crippen LogP contribution in [0, 0.1) is 6.92 Å². The fraction of sp³-hybridized carbons (Fsp3) is 0.333. The first kappa shape index (κ1) is 23.4. The van der Waals surface area contributed by atoms with Crippen molar-refractivity contribution in [3.8, 4) is 11.5 Å². The number of para-hydroxylation sites is 3. The number of hydrogen-bond acceptors (Lipinski definition) is 3. The quantitative estimate of drug-likeness (QED) is 0.414. The number of hydrogen-bond donors (Lipinski definition) is 0. The molecule has 0 atom stereocenters. The Hall–Kier alpha value is -2.56. The number of aryl methyl sites for hydroxylation is 1. The van der Waals surface area contributed by atoms with Crippen LogP contribution in [0.4, 0.5) is 8.78 Å². The lowest BCUT2D eigenvalue weighted by Crippen LogP contribution is -2.25. The second kappa shape index (κ2) is 11.1. The number of alkyl halides is 2. The van der Waals surface area contributed by atoms with Crippen LogP contribution in [0.2, 0.25) is 0 Å². The van der Waals surface area contributed by atoms with Crippen molar-refractivity contribution in [3.05, 3.63) is 60.4 Å². The van der Waals surface area contributed by atoms with E-state index in [2.05, 4.69) is 9.47 Å². The van der Waals surface area contributed by atoms with Crippen molar-refractivity contribution >= 4 is 11.0 Å². The maximum Gasteiger partial charge on any atom is 0.586 e. The molecule has 0 saturated carbocycles. The standard InChI is InChI=1S/C9H8O.C7H4F2O2.2C2H6.CH4/c1-7-6-8-4-2-3-5-9(8)10-7;8-7(9)10-5-3-1-2-4-6(5)11-7;2*1-2;/h2-6H,1H3;1-4H;2*1-2H3;1H4. The lowest BCUT2D eigenvalue weighted by Gasteiger charge is -2.04. The maximum atomic E-state index is 12.3. The van der Waals surface area contributed by atoms with Gasteiger partial charge < -0.3 is 13.9 Å². The van der Waals surface area contributed by atoms with E-state index in [1.807, 2.05) is 65.0 Å². The monoisotopic (exact) mass is 366 g/mol. The molecule has 1 aliphatic rings. The number of furan rings is 1. The van der Waals surface area contributed by atoms with E-state index in [1.54, 1.807) is 12.1 Å². The van der Waals surface area contributed by atoms with Gasteiger partial charge in [0.05, 0.1) is 0 Å². The van der Waals surface area contributed by atoms with E-state index in [0.717, 1.165) is 11.3 Å². The molecule has 4 rings (SSSR count). The van der Waals surface area contributed by atoms with E-state index in [9.17, 15) is 8.78 Å². The molecule has 0 aliphatic carbocycles. The smallest absolute Gasteiger partial charge is 0.461 e. The van der Waals surface area contributed by atoms with E-state index in [0.29, 0.717) is 0 Å². The van der Waals surface area contributed by atoms with E-state index in [-0.39, 0.29) is 18.9 Å². The van der Waals surface area contributed by atoms with Crippen LogP contribution in [0.15, 0.2) is 59.0 Å². The van der Waals surface area contributed by atoms with Crippen molar-refractivity contribution in [2.45, 2.75) is 48.3 Å². The summed E-state index contributed by atoms with van der Waals surface area (Å²) in [6.07, 6.45) is -3.50. The first-order valence-corrected chi connectivity index (χ1v) is 8.33. The molecule has 0 bridgehead atoms. The van der Waals surface area contributed by atoms with Gasteiger partial charge in [-0.05, 0) is 31.2 Å². The first-order chi connectivity index (χ1) is 12.0. The van der Waals surface area contributed by atoms with Crippen molar-refractivity contribution in [2.75, 3.05) is 0 Å². The molecule has 1 aliphatic heterocycles. The highest BCUT2D eigenvalue weighted by molar-refractivity contribution is 5.77. The van der Waals surface area contributed by atoms with E-state index < -0.39 is 6.29 Å². The number of ether oxygens (including phenoxy) is 2. The maximum absolute atomic E-state index is 12.3. The number of rotatable bonds is 0. The highest BCUT2D eigenvalue weighted by atomic mass is 19.3. The molecule has 0 unspecified atom stereocenters. The van der Waals surface area contributed by atoms with Crippen LogP contribution >= 0.6 is 0 Å². The Labute approximate surface area is 154 Å². The first-order valence-electron chi connectivity index (χ1n) is 8.33. The van der Waals surface area contributed by atoms with E-state index >= 15 is 0 Å². The van der Waals surface area contributed by atoms with Crippen molar-refractivity contribution in [3.63, 3.8) is 0 Å². The van der Waals surface area contributed by atoms with Gasteiger partial charge in [-0.1, -0.05) is 65.5 Å². The molecule has 0 spiro atoms. The molecule has 26 heavy (non-hydrogen) atoms. The lowest BCUT2D eigenvalue weighted by molar-refractivity contribution is -0.286. The third-order valence-electron chi connectivity index (χ3n) is 2.86. The zero-order valence-corrected chi connectivity index (χ0v) is 15.2. The van der Waals surface area contributed by atoms with Gasteiger partial charge in [-0.3, -0.25) is 0 Å². The van der Waals surface area contributed by atoms with Gasteiger partial charge in [-0.2, -0.15) is 0 Å². The Bertz CT molecular complexity index is 707. The molecular weight excluding hydrogens is 338 g/mol. The van der Waals surface area contributed by atoms with Crippen LogP contribution in [-0.2, 0) is 0 Å². The third-order valence-corrected chi connectivity index (χ3v) is 2.86. The van der Waals surface area contributed by atoms with Gasteiger partial charge in [0.25, 0.3) is 0 Å². The summed E-state index contributed by atoms with van der Waals surface area (Å²) in [6, 6.07) is 16.1. The summed E-state index contributed by atoms with van der Waals surface area (Å²) >= 11 is 0. The normalized spacial score (nSPS) is 12.3. The number of halogens is 2. The Kier molecular flexibility index (Phi) is 10.0. The minimum absolute atomic E-state index is 0. The van der Waals surface area contributed by atoms with Gasteiger partial charge >= 0.3 is 6.29 Å². The molecular formula is C21H28F2O3. The number of fused-ring (bicyclic) bond motifs is 2. The summed E-state index contributed by atoms with van der Waals surface area (Å²) in [5.74, 6) is 1.14. The zero-order valence-electron chi connectivity index (χ0n) is 15.2. The third kappa shape index (κ3) is 6.39. The Morgan fingerprint density at radius 3 is 1.73 bits per heavy atom. The molecule has 0 fully saturated rings. The Morgan fingerprint density at radius 2 is 1.23 bits per heavy atom. The van der Waals surface area contributed by atoms with Crippen LogP contribution in [0.1, 0.15) is 40.9 Å². The molecule has 2 heterocycles. The van der Waals surface area contributed by atoms with E-state index in [4.69, 9.17) is 4.42 Å². The predicted molar refractivity (Wildman–Crippen MR) is 103 cm³/mol. The average molecular weight is 366 g/mol. The lowest BCUT2D eigenvalue weighted by atomic mass is 10.2. The summed E-state index contributed by atoms with van der Waals surface area (Å²) in [5.41, 5.74) is 0.972. The number of benzene rings is 2. The molecule has 5 heteroatoms. The Morgan fingerprint density at radius 1 is 0.769 bits per heavy atom. The summed E-state index contributed by atoms with van der Waals surface area (Å²) < 4.78 is 38.2. The molecule has 0 saturated heterocycles. The molecule has 0 radical (unpaired) electrons. The van der Waals surface area contributed by atoms with Crippen LogP contribution in [0.3, 0.4) is 0 Å². The molecule has 1 aromatic heterocycles. The summed E-state index contributed by atoms with van der Waals surface area (Å²) in [6.45, 7) is 9.96. The van der Waals surface area contributed by atoms with Crippen LogP contribution in [-0.4, -0.2) is 6.29 Å². The fourth-order valence-corrected chi connectivity index (χ4v) is 2.01. The van der Waals surface area contributed by atoms with Gasteiger partial charge in [0, 0.05) is 5.39 Å². The Balaban J connectivity index is 0.000000393. The average Bonchev–Trinajstić information content (AvgIpc) is 3.15. The van der Waals surface area contributed by atoms with Gasteiger partial charge in [0.15, 0.2) is 11.5 Å². The molecule has 3 nitrogen and oxygen atoms in total. The van der Waals surface area contributed by atoms with Gasteiger partial charge in [-0.25, -0.2) is 0 Å². The van der Waals surface area contributed by atoms with Crippen molar-refractivity contribution in [1.29, 1.82) is 0 Å². The van der Waals surface area contributed by atoms with E-state index in [1.165, 1.54) is 17.5 Å². The topological polar surface area (TPSA) is 31.6 Å². The minimum atomic E-state index is -3.50. The highest BCUT2D eigenvalue weighted by Crippen LogP contribution is 2.39. The SMILES string of the molecule is C.CC.CC.Cc1cc2ccccc2o1.FC1(F)Oc2ccccc2O1. The summed E-state index contributed by atoms with van der Waals surface area (Å²) in [7, 11) is 0. The van der Waals surface area contributed by atoms with Crippen molar-refractivity contribution in [1.82, 2.24) is 0 Å². The van der Waals surface area contributed by atoms with Crippen molar-refractivity contribution in [2.24, 2.45) is 0 Å². The highest BCUT2D eigenvalue weighted by Gasteiger charge is 2.42. The molecule has 0 amide bonds. The van der Waals surface area contributed by atoms with Crippen LogP contribution in [0.5, 0.6) is 11.5 Å². The van der Waals surface area contributed by atoms with Gasteiger partial charge in [0.2, 0.25) is 0 Å².